The zero-order valence-electron chi connectivity index (χ0n) is 16.8. The third-order valence-electron chi connectivity index (χ3n) is 4.31. The maximum atomic E-state index is 12.7. The number of ether oxygens (including phenoxy) is 2. The van der Waals surface area contributed by atoms with E-state index >= 15 is 0 Å². The number of rotatable bonds is 7. The van der Waals surface area contributed by atoms with Crippen LogP contribution in [0.5, 0.6) is 11.5 Å². The Morgan fingerprint density at radius 1 is 1.18 bits per heavy atom. The number of amides is 1. The van der Waals surface area contributed by atoms with E-state index in [2.05, 4.69) is 24.5 Å². The number of hydrogen-bond acceptors (Lipinski definition) is 5. The molecule has 2 N–H and O–H groups in total. The zero-order valence-corrected chi connectivity index (χ0v) is 16.8. The minimum Gasteiger partial charge on any atom is -0.497 e. The van der Waals surface area contributed by atoms with Crippen molar-refractivity contribution in [3.63, 3.8) is 0 Å². The zero-order chi connectivity index (χ0) is 20.7. The first-order valence-electron chi connectivity index (χ1n) is 8.91. The molecule has 0 bridgehead atoms. The number of hydrogen-bond donors (Lipinski definition) is 2. The molecule has 0 aromatic heterocycles. The van der Waals surface area contributed by atoms with Crippen molar-refractivity contribution >= 4 is 17.3 Å². The van der Waals surface area contributed by atoms with Crippen molar-refractivity contribution in [3.05, 3.63) is 59.3 Å². The molecular weight excluding hydrogens is 354 g/mol. The molecule has 0 unspecified atom stereocenters. The second-order valence-corrected chi connectivity index (χ2v) is 6.53. The lowest BCUT2D eigenvalue weighted by atomic mass is 9.98. The van der Waals surface area contributed by atoms with E-state index in [-0.39, 0.29) is 11.5 Å². The summed E-state index contributed by atoms with van der Waals surface area (Å²) in [6.45, 7) is 6.04. The van der Waals surface area contributed by atoms with Crippen LogP contribution in [-0.2, 0) is 4.79 Å². The second kappa shape index (κ2) is 9.47. The Hall–Kier alpha value is -3.46. The van der Waals surface area contributed by atoms with Gasteiger partial charge in [-0.25, -0.2) is 0 Å². The molecule has 2 aromatic rings. The molecule has 146 valence electrons. The molecule has 0 aliphatic heterocycles. The van der Waals surface area contributed by atoms with E-state index in [0.717, 1.165) is 16.8 Å². The highest BCUT2D eigenvalue weighted by Crippen LogP contribution is 2.30. The van der Waals surface area contributed by atoms with E-state index in [1.54, 1.807) is 32.4 Å². The maximum Gasteiger partial charge on any atom is 0.267 e. The van der Waals surface area contributed by atoms with Crippen LogP contribution >= 0.6 is 0 Å². The lowest BCUT2D eigenvalue weighted by molar-refractivity contribution is -0.112. The molecule has 0 atom stereocenters. The van der Waals surface area contributed by atoms with Gasteiger partial charge < -0.3 is 20.1 Å². The Morgan fingerprint density at radius 3 is 2.54 bits per heavy atom. The number of carbonyl (C=O) groups is 1. The molecule has 28 heavy (non-hydrogen) atoms. The standard InChI is InChI=1S/C22H25N3O3/c1-14(2)18-8-6-7-15(3)21(18)25-22(26)16(12-23)13-24-19-11-17(27-4)9-10-20(19)28-5/h6-11,13-14,24H,1-5H3,(H,25,26)/b16-13-. The van der Waals surface area contributed by atoms with E-state index < -0.39 is 5.91 Å². The van der Waals surface area contributed by atoms with E-state index in [4.69, 9.17) is 9.47 Å². The fourth-order valence-electron chi connectivity index (χ4n) is 2.75. The summed E-state index contributed by atoms with van der Waals surface area (Å²) < 4.78 is 10.5. The monoisotopic (exact) mass is 379 g/mol. The van der Waals surface area contributed by atoms with Gasteiger partial charge >= 0.3 is 0 Å². The van der Waals surface area contributed by atoms with Gasteiger partial charge in [-0.3, -0.25) is 4.79 Å². The van der Waals surface area contributed by atoms with Crippen molar-refractivity contribution in [1.29, 1.82) is 5.26 Å². The van der Waals surface area contributed by atoms with Crippen molar-refractivity contribution in [3.8, 4) is 17.6 Å². The number of methoxy groups -OCH3 is 2. The van der Waals surface area contributed by atoms with Gasteiger partial charge in [0.25, 0.3) is 5.91 Å². The van der Waals surface area contributed by atoms with Crippen LogP contribution in [0, 0.1) is 18.3 Å². The Balaban J connectivity index is 2.27. The normalized spacial score (nSPS) is 11.0. The summed E-state index contributed by atoms with van der Waals surface area (Å²) in [5.74, 6) is 0.953. The van der Waals surface area contributed by atoms with Gasteiger partial charge in [0.1, 0.15) is 23.1 Å². The van der Waals surface area contributed by atoms with Crippen LogP contribution in [0.2, 0.25) is 0 Å². The van der Waals surface area contributed by atoms with Crippen molar-refractivity contribution in [2.45, 2.75) is 26.7 Å². The fraction of sp³-hybridized carbons (Fsp3) is 0.273. The number of nitrogens with one attached hydrogen (secondary N) is 2. The summed E-state index contributed by atoms with van der Waals surface area (Å²) in [5, 5.41) is 15.3. The molecule has 0 radical (unpaired) electrons. The molecule has 1 amide bonds. The topological polar surface area (TPSA) is 83.4 Å². The fourth-order valence-corrected chi connectivity index (χ4v) is 2.75. The van der Waals surface area contributed by atoms with Crippen LogP contribution in [0.4, 0.5) is 11.4 Å². The van der Waals surface area contributed by atoms with Gasteiger partial charge in [0.2, 0.25) is 0 Å². The van der Waals surface area contributed by atoms with Crippen molar-refractivity contribution in [1.82, 2.24) is 0 Å². The first kappa shape index (κ1) is 20.8. The van der Waals surface area contributed by atoms with Crippen LogP contribution in [0.25, 0.3) is 0 Å². The molecule has 0 saturated carbocycles. The summed E-state index contributed by atoms with van der Waals surface area (Å²) in [6, 6.07) is 13.0. The quantitative estimate of drug-likeness (QED) is 0.543. The summed E-state index contributed by atoms with van der Waals surface area (Å²) >= 11 is 0. The number of benzene rings is 2. The summed E-state index contributed by atoms with van der Waals surface area (Å²) in [5.41, 5.74) is 3.24. The van der Waals surface area contributed by atoms with Crippen molar-refractivity contribution in [2.75, 3.05) is 24.9 Å². The van der Waals surface area contributed by atoms with Crippen molar-refractivity contribution < 1.29 is 14.3 Å². The first-order chi connectivity index (χ1) is 13.4. The molecule has 2 rings (SSSR count). The smallest absolute Gasteiger partial charge is 0.267 e. The van der Waals surface area contributed by atoms with E-state index in [1.165, 1.54) is 6.20 Å². The Labute approximate surface area is 165 Å². The average Bonchev–Trinajstić information content (AvgIpc) is 2.69. The molecular formula is C22H25N3O3. The Bertz CT molecular complexity index is 927. The number of nitrogens with zero attached hydrogens (tertiary/aromatic N) is 1. The van der Waals surface area contributed by atoms with Gasteiger partial charge in [-0.1, -0.05) is 32.0 Å². The Morgan fingerprint density at radius 2 is 1.93 bits per heavy atom. The molecule has 6 nitrogen and oxygen atoms in total. The third kappa shape index (κ3) is 4.83. The maximum absolute atomic E-state index is 12.7. The molecule has 0 fully saturated rings. The third-order valence-corrected chi connectivity index (χ3v) is 4.31. The van der Waals surface area contributed by atoms with E-state index in [9.17, 15) is 10.1 Å². The number of carbonyl (C=O) groups excluding carboxylic acids is 1. The Kier molecular flexibility index (Phi) is 7.05. The van der Waals surface area contributed by atoms with Crippen LogP contribution in [0.1, 0.15) is 30.9 Å². The van der Waals surface area contributed by atoms with Gasteiger partial charge in [0, 0.05) is 18.0 Å². The SMILES string of the molecule is COc1ccc(OC)c(N/C=C(/C#N)C(=O)Nc2c(C)cccc2C(C)C)c1. The lowest BCUT2D eigenvalue weighted by Gasteiger charge is -2.16. The minimum atomic E-state index is -0.479. The molecule has 2 aromatic carbocycles. The van der Waals surface area contributed by atoms with Crippen LogP contribution in [0.3, 0.4) is 0 Å². The van der Waals surface area contributed by atoms with Crippen LogP contribution < -0.4 is 20.1 Å². The molecule has 0 saturated heterocycles. The predicted molar refractivity (Wildman–Crippen MR) is 111 cm³/mol. The molecule has 6 heteroatoms. The van der Waals surface area contributed by atoms with Gasteiger partial charge in [0.05, 0.1) is 19.9 Å². The molecule has 0 heterocycles. The van der Waals surface area contributed by atoms with Crippen molar-refractivity contribution in [2.24, 2.45) is 0 Å². The molecule has 0 aliphatic carbocycles. The van der Waals surface area contributed by atoms with Gasteiger partial charge in [-0.05, 0) is 36.1 Å². The predicted octanol–water partition coefficient (Wildman–Crippen LogP) is 4.59. The lowest BCUT2D eigenvalue weighted by Crippen LogP contribution is -2.17. The van der Waals surface area contributed by atoms with E-state index in [0.29, 0.717) is 17.2 Å². The van der Waals surface area contributed by atoms with Gasteiger partial charge in [-0.15, -0.1) is 0 Å². The number of nitriles is 1. The van der Waals surface area contributed by atoms with Crippen LogP contribution in [0.15, 0.2) is 48.2 Å². The number of anilines is 2. The molecule has 0 spiro atoms. The number of aryl methyl sites for hydroxylation is 1. The number of para-hydroxylation sites is 1. The largest absolute Gasteiger partial charge is 0.497 e. The van der Waals surface area contributed by atoms with E-state index in [1.807, 2.05) is 31.2 Å². The average molecular weight is 379 g/mol. The van der Waals surface area contributed by atoms with Gasteiger partial charge in [-0.2, -0.15) is 5.26 Å². The minimum absolute atomic E-state index is 0.0529. The highest BCUT2D eigenvalue weighted by molar-refractivity contribution is 6.07. The van der Waals surface area contributed by atoms with Gasteiger partial charge in [0.15, 0.2) is 0 Å². The van der Waals surface area contributed by atoms with Crippen LogP contribution in [-0.4, -0.2) is 20.1 Å². The summed E-state index contributed by atoms with van der Waals surface area (Å²) in [4.78, 5) is 12.7. The molecule has 0 aliphatic rings. The first-order valence-corrected chi connectivity index (χ1v) is 8.91. The summed E-state index contributed by atoms with van der Waals surface area (Å²) in [7, 11) is 3.10. The highest BCUT2D eigenvalue weighted by Gasteiger charge is 2.15. The summed E-state index contributed by atoms with van der Waals surface area (Å²) in [6.07, 6.45) is 1.36. The highest BCUT2D eigenvalue weighted by atomic mass is 16.5. The second-order valence-electron chi connectivity index (χ2n) is 6.53.